The predicted molar refractivity (Wildman–Crippen MR) is 99.2 cm³/mol. The molecule has 120 valence electrons. The number of aryl methyl sites for hydroxylation is 1. The van der Waals surface area contributed by atoms with Crippen LogP contribution in [-0.2, 0) is 7.05 Å². The molecule has 0 spiro atoms. The Bertz CT molecular complexity index is 878. The summed E-state index contributed by atoms with van der Waals surface area (Å²) in [4.78, 5) is 12.8. The Hall–Kier alpha value is -1.02. The minimum atomic E-state index is -0.0122. The van der Waals surface area contributed by atoms with E-state index in [0.29, 0.717) is 21.3 Å². The van der Waals surface area contributed by atoms with Crippen LogP contribution in [0.4, 0.5) is 5.82 Å². The molecule has 0 aliphatic carbocycles. The summed E-state index contributed by atoms with van der Waals surface area (Å²) in [7, 11) is 1.93. The maximum Gasteiger partial charge on any atom is 0.191 e. The molecule has 1 atom stereocenters. The average Bonchev–Trinajstić information content (AvgIpc) is 2.73. The first kappa shape index (κ1) is 16.8. The monoisotopic (exact) mass is 431 g/mol. The van der Waals surface area contributed by atoms with E-state index in [4.69, 9.17) is 28.9 Å². The van der Waals surface area contributed by atoms with Gasteiger partial charge in [0.1, 0.15) is 11.0 Å². The lowest BCUT2D eigenvalue weighted by Gasteiger charge is -2.11. The third-order valence-electron chi connectivity index (χ3n) is 3.28. The van der Waals surface area contributed by atoms with Gasteiger partial charge in [0.15, 0.2) is 10.3 Å². The molecule has 0 saturated heterocycles. The van der Waals surface area contributed by atoms with Crippen LogP contribution in [0.2, 0.25) is 10.3 Å². The fraction of sp³-hybridized carbons (Fsp3) is 0.214. The summed E-state index contributed by atoms with van der Waals surface area (Å²) in [6.45, 7) is 2.01. The van der Waals surface area contributed by atoms with Crippen LogP contribution in [0.25, 0.3) is 10.9 Å². The smallest absolute Gasteiger partial charge is 0.191 e. The maximum atomic E-state index is 6.34. The molecule has 0 amide bonds. The van der Waals surface area contributed by atoms with Crippen LogP contribution in [0.15, 0.2) is 28.0 Å². The molecule has 2 N–H and O–H groups in total. The summed E-state index contributed by atoms with van der Waals surface area (Å²) in [6.07, 6.45) is 1.96. The topological polar surface area (TPSA) is 69.6 Å². The fourth-order valence-electron chi connectivity index (χ4n) is 2.24. The minimum absolute atomic E-state index is 0.0122. The number of nitrogens with two attached hydrogens (primary N) is 1. The highest BCUT2D eigenvalue weighted by Crippen LogP contribution is 2.37. The number of nitrogens with zero attached hydrogens (tertiary/aromatic N) is 4. The van der Waals surface area contributed by atoms with Gasteiger partial charge in [-0.15, -0.1) is 0 Å². The zero-order valence-electron chi connectivity index (χ0n) is 12.2. The Balaban J connectivity index is 1.97. The number of fused-ring (bicyclic) bond motifs is 1. The van der Waals surface area contributed by atoms with E-state index in [-0.39, 0.29) is 5.25 Å². The number of anilines is 1. The molecule has 3 rings (SSSR count). The minimum Gasteiger partial charge on any atom is -0.384 e. The highest BCUT2D eigenvalue weighted by molar-refractivity contribution is 9.10. The van der Waals surface area contributed by atoms with E-state index in [1.165, 1.54) is 17.8 Å². The lowest BCUT2D eigenvalue weighted by molar-refractivity contribution is 0.939. The zero-order valence-corrected chi connectivity index (χ0v) is 16.1. The van der Waals surface area contributed by atoms with E-state index in [2.05, 4.69) is 30.9 Å². The molecule has 23 heavy (non-hydrogen) atoms. The number of rotatable bonds is 3. The normalized spacial score (nSPS) is 12.7. The lowest BCUT2D eigenvalue weighted by atomic mass is 10.2. The number of halogens is 3. The van der Waals surface area contributed by atoms with Crippen molar-refractivity contribution in [2.24, 2.45) is 7.05 Å². The fourth-order valence-corrected chi connectivity index (χ4v) is 4.29. The molecule has 0 bridgehead atoms. The second-order valence-corrected chi connectivity index (χ2v) is 7.89. The molecular formula is C14H12BrCl2N5S. The number of pyridine rings is 1. The van der Waals surface area contributed by atoms with Gasteiger partial charge in [0.2, 0.25) is 0 Å². The Morgan fingerprint density at radius 1 is 1.26 bits per heavy atom. The average molecular weight is 433 g/mol. The largest absolute Gasteiger partial charge is 0.384 e. The maximum absolute atomic E-state index is 6.34. The van der Waals surface area contributed by atoms with E-state index < -0.39 is 0 Å². The van der Waals surface area contributed by atoms with Crippen molar-refractivity contribution in [1.29, 1.82) is 0 Å². The number of hydrogen-bond acceptors (Lipinski definition) is 5. The van der Waals surface area contributed by atoms with Crippen LogP contribution in [0.3, 0.4) is 0 Å². The molecular weight excluding hydrogens is 421 g/mol. The van der Waals surface area contributed by atoms with Crippen molar-refractivity contribution in [1.82, 2.24) is 19.5 Å². The molecule has 0 aromatic carbocycles. The Labute approximate surface area is 155 Å². The summed E-state index contributed by atoms with van der Waals surface area (Å²) in [6, 6.07) is 3.52. The Kier molecular flexibility index (Phi) is 4.73. The van der Waals surface area contributed by atoms with Crippen LogP contribution in [0, 0.1) is 0 Å². The SMILES string of the molecule is CC(Sc1nc(N)cc(Cl)n1)c1cc2c(Br)cn(C)c2c(Cl)n1. The van der Waals surface area contributed by atoms with Gasteiger partial charge in [-0.1, -0.05) is 35.0 Å². The molecule has 0 radical (unpaired) electrons. The molecule has 3 aromatic heterocycles. The standard InChI is InChI=1S/C14H12BrCl2N5S/c1-6(23-14-20-10(16)4-11(18)21-14)9-3-7-8(15)5-22(2)12(7)13(17)19-9/h3-6H,1-2H3,(H2,18,20,21). The van der Waals surface area contributed by atoms with Gasteiger partial charge < -0.3 is 10.3 Å². The van der Waals surface area contributed by atoms with Crippen molar-refractivity contribution < 1.29 is 0 Å². The van der Waals surface area contributed by atoms with Crippen molar-refractivity contribution in [2.45, 2.75) is 17.3 Å². The molecule has 1 unspecified atom stereocenters. The van der Waals surface area contributed by atoms with E-state index in [0.717, 1.165) is 21.1 Å². The van der Waals surface area contributed by atoms with E-state index in [1.54, 1.807) is 0 Å². The number of hydrogen-bond donors (Lipinski definition) is 1. The molecule has 0 aliphatic rings. The molecule has 0 fully saturated rings. The highest BCUT2D eigenvalue weighted by atomic mass is 79.9. The molecule has 9 heteroatoms. The van der Waals surface area contributed by atoms with E-state index in [9.17, 15) is 0 Å². The van der Waals surface area contributed by atoms with Crippen molar-refractivity contribution in [3.63, 3.8) is 0 Å². The van der Waals surface area contributed by atoms with Gasteiger partial charge in [-0.25, -0.2) is 15.0 Å². The first-order chi connectivity index (χ1) is 10.8. The van der Waals surface area contributed by atoms with Gasteiger partial charge in [-0.05, 0) is 28.9 Å². The van der Waals surface area contributed by atoms with Gasteiger partial charge in [0, 0.05) is 29.2 Å². The third-order valence-corrected chi connectivity index (χ3v) is 5.36. The summed E-state index contributed by atoms with van der Waals surface area (Å²) < 4.78 is 2.91. The van der Waals surface area contributed by atoms with Crippen LogP contribution in [-0.4, -0.2) is 19.5 Å². The van der Waals surface area contributed by atoms with Crippen molar-refractivity contribution in [3.05, 3.63) is 38.8 Å². The Morgan fingerprint density at radius 3 is 2.70 bits per heavy atom. The number of aromatic nitrogens is 4. The summed E-state index contributed by atoms with van der Waals surface area (Å²) in [5.41, 5.74) is 7.43. The van der Waals surface area contributed by atoms with Gasteiger partial charge in [0.25, 0.3) is 0 Å². The zero-order chi connectivity index (χ0) is 16.7. The van der Waals surface area contributed by atoms with Gasteiger partial charge in [-0.2, -0.15) is 0 Å². The Morgan fingerprint density at radius 2 is 2.00 bits per heavy atom. The van der Waals surface area contributed by atoms with E-state index in [1.807, 2.05) is 30.8 Å². The van der Waals surface area contributed by atoms with E-state index >= 15 is 0 Å². The lowest BCUT2D eigenvalue weighted by Crippen LogP contribution is -1.99. The second-order valence-electron chi connectivity index (χ2n) is 4.98. The molecule has 3 aromatic rings. The molecule has 0 aliphatic heterocycles. The number of nitrogen functional groups attached to an aromatic ring is 1. The first-order valence-electron chi connectivity index (χ1n) is 6.63. The third kappa shape index (κ3) is 3.42. The van der Waals surface area contributed by atoms with Crippen molar-refractivity contribution in [2.75, 3.05) is 5.73 Å². The van der Waals surface area contributed by atoms with Gasteiger partial charge >= 0.3 is 0 Å². The molecule has 0 saturated carbocycles. The second kappa shape index (κ2) is 6.47. The molecule has 5 nitrogen and oxygen atoms in total. The van der Waals surface area contributed by atoms with Crippen LogP contribution in [0.1, 0.15) is 17.9 Å². The summed E-state index contributed by atoms with van der Waals surface area (Å²) in [5.74, 6) is 0.340. The predicted octanol–water partition coefficient (Wildman–Crippen LogP) is 4.87. The van der Waals surface area contributed by atoms with Gasteiger partial charge in [0.05, 0.1) is 16.5 Å². The van der Waals surface area contributed by atoms with Crippen LogP contribution in [0.5, 0.6) is 0 Å². The highest BCUT2D eigenvalue weighted by Gasteiger charge is 2.17. The first-order valence-corrected chi connectivity index (χ1v) is 9.05. The van der Waals surface area contributed by atoms with Gasteiger partial charge in [-0.3, -0.25) is 0 Å². The summed E-state index contributed by atoms with van der Waals surface area (Å²) >= 11 is 17.2. The van der Waals surface area contributed by atoms with Crippen LogP contribution < -0.4 is 5.73 Å². The summed E-state index contributed by atoms with van der Waals surface area (Å²) in [5, 5.41) is 2.29. The number of thioether (sulfide) groups is 1. The quantitative estimate of drug-likeness (QED) is 0.276. The van der Waals surface area contributed by atoms with Crippen molar-refractivity contribution in [3.8, 4) is 0 Å². The van der Waals surface area contributed by atoms with Crippen LogP contribution >= 0.6 is 50.9 Å². The molecule has 3 heterocycles. The van der Waals surface area contributed by atoms with Crippen molar-refractivity contribution >= 4 is 67.6 Å².